The summed E-state index contributed by atoms with van der Waals surface area (Å²) < 4.78 is 48.1. The molecule has 6 atom stereocenters. The summed E-state index contributed by atoms with van der Waals surface area (Å²) in [5.41, 5.74) is 7.54. The Morgan fingerprint density at radius 2 is 0.902 bits per heavy atom. The molecule has 3 fully saturated rings. The number of halogens is 9. The van der Waals surface area contributed by atoms with Crippen LogP contribution in [0.15, 0.2) is 127 Å². The summed E-state index contributed by atoms with van der Waals surface area (Å²) in [5, 5.41) is 63.1. The van der Waals surface area contributed by atoms with Crippen molar-refractivity contribution in [2.75, 3.05) is 120 Å². The van der Waals surface area contributed by atoms with E-state index in [-0.39, 0.29) is 159 Å². The first kappa shape index (κ1) is 123. The Hall–Kier alpha value is -5.05. The number of hydrogen-bond donors (Lipinski definition) is 5. The number of carbonyl (C=O) groups excluding carboxylic acids is 6. The van der Waals surface area contributed by atoms with Crippen molar-refractivity contribution in [3.63, 3.8) is 0 Å². The molecule has 3 heterocycles. The van der Waals surface area contributed by atoms with Gasteiger partial charge in [0.2, 0.25) is 11.9 Å². The summed E-state index contributed by atoms with van der Waals surface area (Å²) in [6, 6.07) is 38.7. The third-order valence-electron chi connectivity index (χ3n) is 18.0. The van der Waals surface area contributed by atoms with Gasteiger partial charge in [-0.05, 0) is 222 Å². The van der Waals surface area contributed by atoms with E-state index in [1.807, 2.05) is 92.2 Å². The number of alkyl halides is 2. The SMILES string of the molecule is C.CC(=O)OOC(C)=O.CC(C)(C)O.CN(C)C[C@H]1CN(C(=O)OC(C)(C)C)CC[C@]1(O)c1cccc(C#N)c1.CN(C)C[C@H]1CN(CCc2ccc(F)cc2Cl)CC[C@]1(O)c1cccc(C#N)c1.CN(C)C[C@H]1CN(CCc2ccc(F)cc2Cl)CC[C@]1(O)c1cccc(C(N)=O)c1.Cl.ClCCl.O=CCc1ccc(F)cc1Cl.[B-]OC(C)=O.[K+].[Na+].[OH-]. The molecule has 24 nitrogen and oxygen atoms in total. The van der Waals surface area contributed by atoms with Crippen molar-refractivity contribution in [1.29, 1.82) is 10.5 Å². The molecule has 9 rings (SSSR count). The number of piperidine rings is 3. The Bertz CT molecular complexity index is 4240. The second-order valence-electron chi connectivity index (χ2n) is 30.9. The van der Waals surface area contributed by atoms with E-state index in [1.54, 1.807) is 86.3 Å². The average Bonchev–Trinajstić information content (AvgIpc) is 0.790. The largest absolute Gasteiger partial charge is 1.00 e. The number of primary amides is 1. The molecule has 7 N–H and O–H groups in total. The standard InChI is InChI=1S/C23H29ClFN3O2.C23H27ClFN3O.C20H29N3O3.C8H6ClFO.C4H6O4.C4H10O.C2H3BO2.CH2Cl2.CH4.ClH.K.Na.H2O/c1-27(2)14-19-15-28(10-8-16-6-7-20(25)13-21(16)24)11-9-23(19,30)18-5-3-4-17(12-18)22(26)29;1-27(2)15-20-16-28(10-8-18-6-7-21(25)13-22(18)24)11-9-23(20,29)19-5-3-4-17(12-19)14-26;1-19(2,3)26-18(24)23-10-9-20(25,17(14-23)13-22(4)5)16-8-6-7-15(11-16)12-21;9-8-5-7(10)2-1-6(8)3-4-11;1-3(5)7-8-4(2)6;1-4(2,3)5;1-2(4)5-3;2-1-3;;;;;/h3-7,12-13,19,30H,8-11,14-15H2,1-2H3,(H2,26,29);3-7,12-13,20,29H,8-11,15-16H2,1-2H3;6-8,11,17,25H,9-10,13-14H2,1-5H3;1-2,4-5H,3H2;1-2H3;5H,1-3H3;1H3;1H2;1H4;1H;;;1H2/q;;;;;;-1;;;;2*+1;/p-1/t19-,23-;20-,23-;17-,20-;;;;;;;;;;/m000........../s1. The minimum absolute atomic E-state index is 0. The van der Waals surface area contributed by atoms with Gasteiger partial charge in [-0.25, -0.2) is 37.3 Å². The predicted octanol–water partition coefficient (Wildman–Crippen LogP) is 8.09. The molecule has 3 aliphatic heterocycles. The molecule has 36 heteroatoms. The Kier molecular flexibility index (Phi) is 62.0. The fourth-order valence-corrected chi connectivity index (χ4v) is 13.5. The molecule has 0 aliphatic carbocycles. The molecule has 0 spiro atoms. The van der Waals surface area contributed by atoms with Crippen molar-refractivity contribution in [2.45, 2.75) is 136 Å². The molecule has 6 aromatic rings. The molecule has 0 unspecified atom stereocenters. The van der Waals surface area contributed by atoms with Crippen LogP contribution in [-0.4, -0.2) is 230 Å². The first-order chi connectivity index (χ1) is 54.6. The molecule has 6 aromatic carbocycles. The topological polar surface area (TPSA) is 343 Å². The van der Waals surface area contributed by atoms with Crippen LogP contribution in [0.2, 0.25) is 15.1 Å². The number of ether oxygens (including phenoxy) is 1. The Morgan fingerprint density at radius 1 is 0.582 bits per heavy atom. The maximum atomic E-state index is 13.3. The first-order valence-electron chi connectivity index (χ1n) is 37.4. The van der Waals surface area contributed by atoms with Crippen molar-refractivity contribution >= 4 is 115 Å². The summed E-state index contributed by atoms with van der Waals surface area (Å²) in [7, 11) is 16.2. The van der Waals surface area contributed by atoms with Gasteiger partial charge in [0, 0.05) is 138 Å². The number of likely N-dealkylation sites (tertiary alicyclic amines) is 3. The van der Waals surface area contributed by atoms with Gasteiger partial charge in [0.05, 0.1) is 51.0 Å². The maximum absolute atomic E-state index is 13.3. The number of benzene rings is 6. The number of nitrogens with zero attached hydrogens (tertiary/aromatic N) is 8. The Balaban J connectivity index is -0.000000713. The van der Waals surface area contributed by atoms with Crippen LogP contribution in [0.3, 0.4) is 0 Å². The van der Waals surface area contributed by atoms with Crippen LogP contribution in [0.25, 0.3) is 0 Å². The minimum Gasteiger partial charge on any atom is -0.870 e. The molecule has 3 saturated heterocycles. The molecule has 3 radical (unpaired) electrons. The zero-order chi connectivity index (χ0) is 88.8. The van der Waals surface area contributed by atoms with Crippen molar-refractivity contribution in [3.05, 3.63) is 210 Å². The zero-order valence-electron chi connectivity index (χ0n) is 72.1. The monoisotopic (exact) mass is 1860 g/mol. The number of aldehydes is 1. The molecular weight excluding hydrogens is 1740 g/mol. The number of hydrogen-bond acceptors (Lipinski definition) is 22. The second kappa shape index (κ2) is 61.4. The third-order valence-corrected chi connectivity index (χ3v) is 19.1. The van der Waals surface area contributed by atoms with Crippen LogP contribution in [0.5, 0.6) is 0 Å². The quantitative estimate of drug-likeness (QED) is 0.0178. The van der Waals surface area contributed by atoms with Gasteiger partial charge in [-0.15, -0.1) is 35.6 Å². The maximum Gasteiger partial charge on any atom is 1.00 e. The van der Waals surface area contributed by atoms with E-state index in [1.165, 1.54) is 49.4 Å². The van der Waals surface area contributed by atoms with Crippen LogP contribution < -0.4 is 86.7 Å². The summed E-state index contributed by atoms with van der Waals surface area (Å²) in [5.74, 6) is -3.53. The van der Waals surface area contributed by atoms with Crippen LogP contribution in [0.1, 0.15) is 144 Å². The minimum atomic E-state index is -1.09. The number of nitrogens with two attached hydrogens (primary N) is 1. The van der Waals surface area contributed by atoms with Gasteiger partial charge in [-0.2, -0.15) is 10.5 Å². The van der Waals surface area contributed by atoms with Gasteiger partial charge in [0.25, 0.3) is 0 Å². The van der Waals surface area contributed by atoms with Crippen LogP contribution in [-0.2, 0) is 74.4 Å². The van der Waals surface area contributed by atoms with E-state index >= 15 is 0 Å². The number of aliphatic hydroxyl groups is 4. The second-order valence-corrected chi connectivity index (χ2v) is 32.9. The van der Waals surface area contributed by atoms with Crippen molar-refractivity contribution in [2.24, 2.45) is 23.5 Å². The number of nitriles is 2. The van der Waals surface area contributed by atoms with Gasteiger partial charge in [0.1, 0.15) is 29.3 Å². The first-order valence-corrected chi connectivity index (χ1v) is 39.6. The summed E-state index contributed by atoms with van der Waals surface area (Å²) >= 11 is 27.5. The van der Waals surface area contributed by atoms with E-state index in [2.05, 4.69) is 54.2 Å². The van der Waals surface area contributed by atoms with Crippen molar-refractivity contribution < 1.29 is 168 Å². The molecular formula is C86H118BCl6F3KN9NaO15. The third kappa shape index (κ3) is 46.6. The van der Waals surface area contributed by atoms with Gasteiger partial charge >= 0.3 is 99.0 Å². The fourth-order valence-electron chi connectivity index (χ4n) is 12.7. The van der Waals surface area contributed by atoms with Crippen molar-refractivity contribution in [3.8, 4) is 12.1 Å². The molecule has 0 bridgehead atoms. The van der Waals surface area contributed by atoms with Crippen LogP contribution in [0, 0.1) is 57.9 Å². The zero-order valence-corrected chi connectivity index (χ0v) is 81.9. The molecule has 2 amide bonds. The Morgan fingerprint density at radius 3 is 1.20 bits per heavy atom. The Labute approximate surface area is 815 Å². The molecule has 3 aliphatic rings. The molecule has 0 aromatic heterocycles. The van der Waals surface area contributed by atoms with Crippen molar-refractivity contribution in [1.82, 2.24) is 29.4 Å². The van der Waals surface area contributed by atoms with Crippen LogP contribution >= 0.6 is 70.4 Å². The average molecular weight is 1860 g/mol. The smallest absolute Gasteiger partial charge is 0.870 e. The van der Waals surface area contributed by atoms with Gasteiger partial charge < -0.3 is 83.3 Å². The van der Waals surface area contributed by atoms with Gasteiger partial charge in [-0.3, -0.25) is 9.59 Å². The number of amides is 2. The number of rotatable bonds is 18. The predicted molar refractivity (Wildman–Crippen MR) is 467 cm³/mol. The van der Waals surface area contributed by atoms with E-state index < -0.39 is 51.8 Å². The fraction of sp³-hybridized carbons (Fsp3) is 0.488. The molecule has 122 heavy (non-hydrogen) atoms. The summed E-state index contributed by atoms with van der Waals surface area (Å²) in [6.07, 6.45) is 3.61. The van der Waals surface area contributed by atoms with E-state index in [4.69, 9.17) is 78.8 Å². The normalized spacial score (nSPS) is 18.2. The molecule has 665 valence electrons. The van der Waals surface area contributed by atoms with Crippen LogP contribution in [0.4, 0.5) is 18.0 Å². The molecule has 0 saturated carbocycles. The van der Waals surface area contributed by atoms with Gasteiger partial charge in [-0.1, -0.05) is 96.8 Å². The number of carbonyl (C=O) groups is 6. The van der Waals surface area contributed by atoms with E-state index in [9.17, 15) is 62.5 Å². The summed E-state index contributed by atoms with van der Waals surface area (Å²) in [6.45, 7) is 21.6. The summed E-state index contributed by atoms with van der Waals surface area (Å²) in [4.78, 5) is 83.4. The van der Waals surface area contributed by atoms with E-state index in [0.29, 0.717) is 102 Å². The van der Waals surface area contributed by atoms with E-state index in [0.717, 1.165) is 87.1 Å². The van der Waals surface area contributed by atoms with Gasteiger partial charge in [0.15, 0.2) is 0 Å².